The van der Waals surface area contributed by atoms with Gasteiger partial charge in [0.05, 0.1) is 23.5 Å². The predicted molar refractivity (Wildman–Crippen MR) is 77.3 cm³/mol. The summed E-state index contributed by atoms with van der Waals surface area (Å²) in [5, 5.41) is 11.3. The van der Waals surface area contributed by atoms with Crippen LogP contribution in [0.4, 0.5) is 5.69 Å². The second kappa shape index (κ2) is 5.54. The number of rotatable bonds is 4. The lowest BCUT2D eigenvalue weighted by molar-refractivity contribution is -0.132. The van der Waals surface area contributed by atoms with Crippen molar-refractivity contribution in [1.29, 1.82) is 0 Å². The average Bonchev–Trinajstić information content (AvgIpc) is 3.10. The minimum Gasteiger partial charge on any atom is -0.478 e. The van der Waals surface area contributed by atoms with E-state index in [0.29, 0.717) is 18.7 Å². The van der Waals surface area contributed by atoms with Gasteiger partial charge in [-0.3, -0.25) is 9.91 Å². The van der Waals surface area contributed by atoms with Gasteiger partial charge in [0, 0.05) is 6.54 Å². The van der Waals surface area contributed by atoms with Crippen LogP contribution in [0.15, 0.2) is 41.6 Å². The number of carboxylic acid groups (broad SMARTS) is 1. The zero-order chi connectivity index (χ0) is 13.9. The van der Waals surface area contributed by atoms with Gasteiger partial charge in [-0.1, -0.05) is 18.2 Å². The van der Waals surface area contributed by atoms with Crippen LogP contribution >= 0.6 is 0 Å². The highest BCUT2D eigenvalue weighted by molar-refractivity contribution is 5.89. The first-order chi connectivity index (χ1) is 9.74. The molecule has 0 amide bonds. The fourth-order valence-electron chi connectivity index (χ4n) is 2.78. The normalized spacial score (nSPS) is 19.5. The number of benzene rings is 1. The van der Waals surface area contributed by atoms with Crippen molar-refractivity contribution < 1.29 is 9.90 Å². The van der Waals surface area contributed by atoms with Gasteiger partial charge in [0.25, 0.3) is 0 Å². The summed E-state index contributed by atoms with van der Waals surface area (Å²) in [6.45, 7) is 3.22. The van der Waals surface area contributed by atoms with Crippen LogP contribution in [0.5, 0.6) is 0 Å². The Morgan fingerprint density at radius 3 is 2.55 bits per heavy atom. The lowest BCUT2D eigenvalue weighted by atomic mass is 10.2. The number of hydrogen-bond acceptors (Lipinski definition) is 4. The van der Waals surface area contributed by atoms with E-state index >= 15 is 0 Å². The maximum Gasteiger partial charge on any atom is 0.335 e. The molecule has 2 heterocycles. The number of carboxylic acids is 1. The first kappa shape index (κ1) is 13.0. The molecule has 20 heavy (non-hydrogen) atoms. The van der Waals surface area contributed by atoms with E-state index in [1.807, 2.05) is 35.3 Å². The van der Waals surface area contributed by atoms with Gasteiger partial charge in [0.2, 0.25) is 0 Å². The second-order valence-electron chi connectivity index (χ2n) is 5.28. The molecule has 0 atom stereocenters. The lowest BCUT2D eigenvalue weighted by Crippen LogP contribution is -2.35. The van der Waals surface area contributed by atoms with Crippen molar-refractivity contribution in [1.82, 2.24) is 10.3 Å². The number of hydrazine groups is 1. The second-order valence-corrected chi connectivity index (χ2v) is 5.28. The van der Waals surface area contributed by atoms with Crippen molar-refractivity contribution in [3.8, 4) is 0 Å². The molecule has 2 aliphatic heterocycles. The molecule has 2 aliphatic rings. The van der Waals surface area contributed by atoms with Crippen LogP contribution in [0.3, 0.4) is 0 Å². The minimum atomic E-state index is -0.829. The number of hydrogen-bond donors (Lipinski definition) is 2. The smallest absolute Gasteiger partial charge is 0.335 e. The topological polar surface area (TPSA) is 55.8 Å². The van der Waals surface area contributed by atoms with E-state index in [1.54, 1.807) is 0 Å². The monoisotopic (exact) mass is 273 g/mol. The van der Waals surface area contributed by atoms with Crippen molar-refractivity contribution in [3.63, 3.8) is 0 Å². The standard InChI is InChI=1S/C15H19N3O2/c19-15(20)13-10-18(12-6-2-1-3-7-12)16-14(13)11-17-8-4-5-9-17/h1-3,6-7,16H,4-5,8-11H2,(H,19,20). The number of nitrogens with one attached hydrogen (secondary N) is 1. The molecule has 0 spiro atoms. The van der Waals surface area contributed by atoms with Crippen molar-refractivity contribution in [2.24, 2.45) is 0 Å². The lowest BCUT2D eigenvalue weighted by Gasteiger charge is -2.22. The zero-order valence-corrected chi connectivity index (χ0v) is 11.4. The number of para-hydroxylation sites is 1. The van der Waals surface area contributed by atoms with Gasteiger partial charge in [-0.05, 0) is 38.1 Å². The third-order valence-electron chi connectivity index (χ3n) is 3.86. The molecule has 0 aliphatic carbocycles. The summed E-state index contributed by atoms with van der Waals surface area (Å²) in [5.41, 5.74) is 5.54. The molecule has 1 aromatic rings. The van der Waals surface area contributed by atoms with Gasteiger partial charge in [0.15, 0.2) is 0 Å². The van der Waals surface area contributed by atoms with Gasteiger partial charge in [-0.25, -0.2) is 4.79 Å². The molecule has 5 nitrogen and oxygen atoms in total. The Labute approximate surface area is 118 Å². The van der Waals surface area contributed by atoms with Gasteiger partial charge in [-0.15, -0.1) is 0 Å². The molecule has 0 saturated carbocycles. The number of aliphatic carboxylic acids is 1. The molecule has 0 radical (unpaired) electrons. The first-order valence-corrected chi connectivity index (χ1v) is 7.01. The molecule has 106 valence electrons. The molecule has 3 rings (SSSR count). The van der Waals surface area contributed by atoms with Crippen molar-refractivity contribution in [2.75, 3.05) is 31.2 Å². The Morgan fingerprint density at radius 2 is 1.90 bits per heavy atom. The molecular formula is C15H19N3O2. The number of likely N-dealkylation sites (tertiary alicyclic amines) is 1. The SMILES string of the molecule is O=C(O)C1=C(CN2CCCC2)NN(c2ccccc2)C1. The summed E-state index contributed by atoms with van der Waals surface area (Å²) in [7, 11) is 0. The molecule has 0 bridgehead atoms. The minimum absolute atomic E-state index is 0.405. The van der Waals surface area contributed by atoms with Gasteiger partial charge in [-0.2, -0.15) is 0 Å². The first-order valence-electron chi connectivity index (χ1n) is 7.01. The zero-order valence-electron chi connectivity index (χ0n) is 11.4. The fraction of sp³-hybridized carbons (Fsp3) is 0.400. The molecule has 5 heteroatoms. The van der Waals surface area contributed by atoms with Gasteiger partial charge >= 0.3 is 5.97 Å². The van der Waals surface area contributed by atoms with E-state index in [9.17, 15) is 9.90 Å². The van der Waals surface area contributed by atoms with Gasteiger partial charge < -0.3 is 10.5 Å². The Hall–Kier alpha value is -2.01. The summed E-state index contributed by atoms with van der Waals surface area (Å²) in [4.78, 5) is 13.7. The molecule has 1 saturated heterocycles. The summed E-state index contributed by atoms with van der Waals surface area (Å²) in [6.07, 6.45) is 2.41. The van der Waals surface area contributed by atoms with E-state index < -0.39 is 5.97 Å². The Kier molecular flexibility index (Phi) is 3.60. The van der Waals surface area contributed by atoms with Crippen molar-refractivity contribution in [3.05, 3.63) is 41.6 Å². The van der Waals surface area contributed by atoms with E-state index in [0.717, 1.165) is 24.5 Å². The third kappa shape index (κ3) is 2.63. The van der Waals surface area contributed by atoms with Crippen LogP contribution in [0.2, 0.25) is 0 Å². The van der Waals surface area contributed by atoms with Crippen LogP contribution in [-0.4, -0.2) is 42.2 Å². The molecular weight excluding hydrogens is 254 g/mol. The Morgan fingerprint density at radius 1 is 1.20 bits per heavy atom. The van der Waals surface area contributed by atoms with Gasteiger partial charge in [0.1, 0.15) is 0 Å². The molecule has 0 unspecified atom stereocenters. The fourth-order valence-corrected chi connectivity index (χ4v) is 2.78. The maximum atomic E-state index is 11.4. The Balaban J connectivity index is 1.75. The molecule has 0 aromatic heterocycles. The van der Waals surface area contributed by atoms with Crippen LogP contribution in [0, 0.1) is 0 Å². The number of nitrogens with zero attached hydrogens (tertiary/aromatic N) is 2. The summed E-state index contributed by atoms with van der Waals surface area (Å²) < 4.78 is 0. The van der Waals surface area contributed by atoms with E-state index in [-0.39, 0.29) is 0 Å². The van der Waals surface area contributed by atoms with Crippen LogP contribution in [-0.2, 0) is 4.79 Å². The third-order valence-corrected chi connectivity index (χ3v) is 3.86. The van der Waals surface area contributed by atoms with E-state index in [4.69, 9.17) is 0 Å². The largest absolute Gasteiger partial charge is 0.478 e. The number of anilines is 1. The van der Waals surface area contributed by atoms with E-state index in [1.165, 1.54) is 12.8 Å². The summed E-state index contributed by atoms with van der Waals surface area (Å²) in [5.74, 6) is -0.829. The Bertz CT molecular complexity index is 521. The van der Waals surface area contributed by atoms with Crippen LogP contribution < -0.4 is 10.4 Å². The van der Waals surface area contributed by atoms with Crippen molar-refractivity contribution in [2.45, 2.75) is 12.8 Å². The predicted octanol–water partition coefficient (Wildman–Crippen LogP) is 1.45. The molecule has 1 aromatic carbocycles. The highest BCUT2D eigenvalue weighted by Gasteiger charge is 2.28. The summed E-state index contributed by atoms with van der Waals surface area (Å²) in [6, 6.07) is 9.82. The number of carbonyl (C=O) groups is 1. The molecule has 2 N–H and O–H groups in total. The summed E-state index contributed by atoms with van der Waals surface area (Å²) >= 11 is 0. The maximum absolute atomic E-state index is 11.4. The van der Waals surface area contributed by atoms with Crippen LogP contribution in [0.1, 0.15) is 12.8 Å². The highest BCUT2D eigenvalue weighted by Crippen LogP contribution is 2.22. The average molecular weight is 273 g/mol. The highest BCUT2D eigenvalue weighted by atomic mass is 16.4. The van der Waals surface area contributed by atoms with Crippen molar-refractivity contribution >= 4 is 11.7 Å². The molecule has 1 fully saturated rings. The van der Waals surface area contributed by atoms with Crippen LogP contribution in [0.25, 0.3) is 0 Å². The van der Waals surface area contributed by atoms with E-state index in [2.05, 4.69) is 10.3 Å². The quantitative estimate of drug-likeness (QED) is 0.869.